The molecule has 12 nitrogen and oxygen atoms in total. The molecule has 0 aliphatic carbocycles. The first-order chi connectivity index (χ1) is 27.9. The minimum Gasteiger partial charge on any atom is -0.392 e. The van der Waals surface area contributed by atoms with E-state index in [0.717, 1.165) is 96.2 Å². The average Bonchev–Trinajstić information content (AvgIpc) is 3.59. The number of unbranched alkanes of at least 4 members (excludes halogenated alkanes) is 3. The van der Waals surface area contributed by atoms with Crippen molar-refractivity contribution >= 4 is 22.8 Å². The molecule has 0 unspecified atom stereocenters. The van der Waals surface area contributed by atoms with Gasteiger partial charge in [0.15, 0.2) is 6.29 Å². The zero-order chi connectivity index (χ0) is 39.6. The molecule has 300 valence electrons. The molecule has 2 fully saturated rings. The van der Waals surface area contributed by atoms with Crippen molar-refractivity contribution in [3.8, 4) is 11.1 Å². The van der Waals surface area contributed by atoms with Crippen LogP contribution >= 0.6 is 0 Å². The largest absolute Gasteiger partial charge is 0.392 e. The van der Waals surface area contributed by atoms with Crippen LogP contribution < -0.4 is 16.5 Å². The number of H-pyrrole nitrogens is 1. The molecule has 12 heteroatoms. The van der Waals surface area contributed by atoms with Crippen molar-refractivity contribution in [2.75, 3.05) is 19.6 Å². The summed E-state index contributed by atoms with van der Waals surface area (Å²) in [5.41, 5.74) is 9.31. The molecule has 5 aromatic rings. The van der Waals surface area contributed by atoms with Crippen LogP contribution in [0, 0.1) is 0 Å². The van der Waals surface area contributed by atoms with Crippen LogP contribution in [0.3, 0.4) is 0 Å². The van der Waals surface area contributed by atoms with E-state index in [4.69, 9.17) is 14.7 Å². The van der Waals surface area contributed by atoms with Crippen LogP contribution in [0.2, 0.25) is 0 Å². The standard InChI is InChI=1S/C45H53N5O7/c51-30-31-15-17-33(18-16-31)41-27-37(29-49-25-23-36(24-26-49)50-40-12-8-7-11-39(40)47-45(50)54)56-44(57-41)34-21-19-32(20-22-34)38-10-6-5-9-35(38)28-46-42(52)13-3-1-2-4-14-43(53)48-55/h5-12,15-22,36-37,41,44,51,55H,1-4,13-14,23-30H2,(H,46,52)(H,47,54)(H,48,53)/t37-,41+,44+/m0/s1. The van der Waals surface area contributed by atoms with E-state index in [0.29, 0.717) is 25.8 Å². The lowest BCUT2D eigenvalue weighted by atomic mass is 9.97. The maximum atomic E-state index is 12.9. The number of carbonyl (C=O) groups excluding carboxylic acids is 2. The number of aromatic amines is 1. The van der Waals surface area contributed by atoms with Gasteiger partial charge in [-0.15, -0.1) is 0 Å². The van der Waals surface area contributed by atoms with E-state index in [1.165, 1.54) is 0 Å². The van der Waals surface area contributed by atoms with Crippen LogP contribution in [-0.4, -0.2) is 62.3 Å². The third-order valence-electron chi connectivity index (χ3n) is 11.3. The summed E-state index contributed by atoms with van der Waals surface area (Å²) < 4.78 is 15.3. The number of piperidine rings is 1. The first-order valence-electron chi connectivity index (χ1n) is 20.2. The highest BCUT2D eigenvalue weighted by Gasteiger charge is 2.34. The van der Waals surface area contributed by atoms with Crippen molar-refractivity contribution in [2.24, 2.45) is 0 Å². The Morgan fingerprint density at radius 3 is 2.21 bits per heavy atom. The summed E-state index contributed by atoms with van der Waals surface area (Å²) in [6, 6.07) is 32.3. The van der Waals surface area contributed by atoms with Gasteiger partial charge in [-0.05, 0) is 65.6 Å². The number of hydrogen-bond donors (Lipinski definition) is 5. The maximum absolute atomic E-state index is 12.9. The second-order valence-electron chi connectivity index (χ2n) is 15.2. The number of likely N-dealkylation sites (tertiary alicyclic amines) is 1. The van der Waals surface area contributed by atoms with E-state index >= 15 is 0 Å². The first kappa shape index (κ1) is 40.1. The minimum absolute atomic E-state index is 0.0101. The second kappa shape index (κ2) is 19.4. The van der Waals surface area contributed by atoms with Gasteiger partial charge < -0.3 is 29.8 Å². The Hall–Kier alpha value is -5.11. The Morgan fingerprint density at radius 2 is 1.47 bits per heavy atom. The number of aliphatic hydroxyl groups is 1. The fourth-order valence-corrected chi connectivity index (χ4v) is 8.16. The molecule has 3 heterocycles. The summed E-state index contributed by atoms with van der Waals surface area (Å²) >= 11 is 0. The summed E-state index contributed by atoms with van der Waals surface area (Å²) in [5.74, 6) is -0.397. The van der Waals surface area contributed by atoms with Crippen LogP contribution in [0.15, 0.2) is 102 Å². The number of hydrogen-bond acceptors (Lipinski definition) is 8. The van der Waals surface area contributed by atoms with Crippen LogP contribution in [0.25, 0.3) is 22.2 Å². The fraction of sp³-hybridized carbons (Fsp3) is 0.400. The van der Waals surface area contributed by atoms with Crippen LogP contribution in [0.5, 0.6) is 0 Å². The highest BCUT2D eigenvalue weighted by molar-refractivity contribution is 5.77. The number of nitrogens with one attached hydrogen (secondary N) is 3. The molecule has 0 saturated carbocycles. The Labute approximate surface area is 332 Å². The second-order valence-corrected chi connectivity index (χ2v) is 15.2. The molecule has 1 aromatic heterocycles. The fourth-order valence-electron chi connectivity index (χ4n) is 8.16. The number of nitrogens with zero attached hydrogens (tertiary/aromatic N) is 2. The maximum Gasteiger partial charge on any atom is 0.326 e. The number of aliphatic hydroxyl groups excluding tert-OH is 1. The summed E-state index contributed by atoms with van der Waals surface area (Å²) in [6.07, 6.45) is 5.37. The Kier molecular flexibility index (Phi) is 13.6. The summed E-state index contributed by atoms with van der Waals surface area (Å²) in [7, 11) is 0. The van der Waals surface area contributed by atoms with Crippen molar-refractivity contribution in [3.63, 3.8) is 0 Å². The highest BCUT2D eigenvalue weighted by atomic mass is 16.7. The number of para-hydroxylation sites is 2. The molecule has 2 amide bonds. The number of fused-ring (bicyclic) bond motifs is 1. The van der Waals surface area contributed by atoms with Gasteiger partial charge in [-0.2, -0.15) is 0 Å². The average molecular weight is 776 g/mol. The van der Waals surface area contributed by atoms with E-state index in [-0.39, 0.29) is 48.8 Å². The van der Waals surface area contributed by atoms with E-state index in [1.807, 2.05) is 71.3 Å². The third-order valence-corrected chi connectivity index (χ3v) is 11.3. The molecule has 2 aliphatic heterocycles. The highest BCUT2D eigenvalue weighted by Crippen LogP contribution is 2.39. The number of imidazole rings is 1. The summed E-state index contributed by atoms with van der Waals surface area (Å²) in [4.78, 5) is 42.1. The molecule has 7 rings (SSSR count). The van der Waals surface area contributed by atoms with Crippen molar-refractivity contribution < 1.29 is 29.4 Å². The lowest BCUT2D eigenvalue weighted by molar-refractivity contribution is -0.253. The minimum atomic E-state index is -0.580. The molecule has 2 saturated heterocycles. The molecule has 0 bridgehead atoms. The number of aromatic nitrogens is 2. The Bertz CT molecular complexity index is 2140. The molecule has 4 aromatic carbocycles. The number of carbonyl (C=O) groups is 2. The van der Waals surface area contributed by atoms with Gasteiger partial charge in [-0.3, -0.25) is 19.4 Å². The van der Waals surface area contributed by atoms with Gasteiger partial charge in [0.25, 0.3) is 0 Å². The zero-order valence-electron chi connectivity index (χ0n) is 32.3. The van der Waals surface area contributed by atoms with Gasteiger partial charge in [0.05, 0.1) is 29.8 Å². The van der Waals surface area contributed by atoms with Gasteiger partial charge in [-0.1, -0.05) is 97.8 Å². The zero-order valence-corrected chi connectivity index (χ0v) is 32.3. The monoisotopic (exact) mass is 775 g/mol. The molecule has 5 N–H and O–H groups in total. The number of amides is 2. The van der Waals surface area contributed by atoms with E-state index in [2.05, 4.69) is 45.5 Å². The lowest BCUT2D eigenvalue weighted by Crippen LogP contribution is -2.43. The molecule has 2 aliphatic rings. The molecular weight excluding hydrogens is 723 g/mol. The number of hydroxylamine groups is 1. The Balaban J connectivity index is 0.984. The van der Waals surface area contributed by atoms with Gasteiger partial charge in [0.1, 0.15) is 0 Å². The van der Waals surface area contributed by atoms with Crippen molar-refractivity contribution in [1.82, 2.24) is 25.2 Å². The first-order valence-corrected chi connectivity index (χ1v) is 20.2. The normalized spacial score (nSPS) is 19.1. The predicted octanol–water partition coefficient (Wildman–Crippen LogP) is 6.83. The van der Waals surface area contributed by atoms with Crippen LogP contribution in [0.4, 0.5) is 0 Å². The molecule has 0 spiro atoms. The van der Waals surface area contributed by atoms with Crippen LogP contribution in [0.1, 0.15) is 98.5 Å². The molecule has 3 atom stereocenters. The quantitative estimate of drug-likeness (QED) is 0.0415. The third kappa shape index (κ3) is 10.3. The van der Waals surface area contributed by atoms with Gasteiger partial charge >= 0.3 is 5.69 Å². The van der Waals surface area contributed by atoms with Gasteiger partial charge in [0, 0.05) is 57.0 Å². The predicted molar refractivity (Wildman–Crippen MR) is 217 cm³/mol. The number of benzene rings is 4. The van der Waals surface area contributed by atoms with Gasteiger partial charge in [-0.25, -0.2) is 10.3 Å². The summed E-state index contributed by atoms with van der Waals surface area (Å²) in [6.45, 7) is 2.87. The number of rotatable bonds is 16. The lowest BCUT2D eigenvalue weighted by Gasteiger charge is -2.40. The molecular formula is C45H53N5O7. The van der Waals surface area contributed by atoms with Crippen molar-refractivity contribution in [3.05, 3.63) is 130 Å². The number of ether oxygens (including phenoxy) is 2. The smallest absolute Gasteiger partial charge is 0.326 e. The van der Waals surface area contributed by atoms with Gasteiger partial charge in [0.2, 0.25) is 11.8 Å². The SMILES string of the molecule is O=C(CCCCCCC(=O)NCc1ccccc1-c1ccc([C@@H]2O[C@H](CN3CCC(n4c(=O)[nH]c5ccccc54)CC3)C[C@H](c3ccc(CO)cc3)O2)cc1)NO. The topological polar surface area (TPSA) is 158 Å². The van der Waals surface area contributed by atoms with E-state index < -0.39 is 6.29 Å². The van der Waals surface area contributed by atoms with Crippen molar-refractivity contribution in [1.29, 1.82) is 0 Å². The Morgan fingerprint density at radius 1 is 0.789 bits per heavy atom. The van der Waals surface area contributed by atoms with E-state index in [1.54, 1.807) is 5.48 Å². The molecule has 0 radical (unpaired) electrons. The van der Waals surface area contributed by atoms with Crippen LogP contribution in [-0.2, 0) is 32.2 Å². The summed E-state index contributed by atoms with van der Waals surface area (Å²) in [5, 5.41) is 21.3. The van der Waals surface area contributed by atoms with E-state index in [9.17, 15) is 19.5 Å². The van der Waals surface area contributed by atoms with Crippen molar-refractivity contribution in [2.45, 2.75) is 95.5 Å². The molecule has 57 heavy (non-hydrogen) atoms.